The van der Waals surface area contributed by atoms with Crippen LogP contribution in [0.4, 0.5) is 0 Å². The standard InChI is InChI=1S/C14H25O6P/c1-12(2)14(16)13(15)10-8-6-4-3-5-7-9-11-20-21(17,18)19/h1,3-11H2,2H3,(H2,17,18,19). The minimum Gasteiger partial charge on any atom is -0.303 e. The van der Waals surface area contributed by atoms with E-state index in [0.717, 1.165) is 32.1 Å². The van der Waals surface area contributed by atoms with Gasteiger partial charge in [0.05, 0.1) is 6.61 Å². The highest BCUT2D eigenvalue weighted by atomic mass is 31.2. The van der Waals surface area contributed by atoms with Crippen molar-refractivity contribution < 1.29 is 28.5 Å². The lowest BCUT2D eigenvalue weighted by Gasteiger charge is -2.05. The lowest BCUT2D eigenvalue weighted by atomic mass is 10.0. The van der Waals surface area contributed by atoms with Crippen LogP contribution >= 0.6 is 7.82 Å². The number of hydrogen-bond donors (Lipinski definition) is 2. The first-order valence-electron chi connectivity index (χ1n) is 7.17. The Morgan fingerprint density at radius 3 is 1.95 bits per heavy atom. The number of phosphoric acid groups is 1. The van der Waals surface area contributed by atoms with Gasteiger partial charge in [0.25, 0.3) is 0 Å². The number of allylic oxidation sites excluding steroid dienone is 1. The fourth-order valence-corrected chi connectivity index (χ4v) is 2.17. The van der Waals surface area contributed by atoms with Crippen molar-refractivity contribution in [3.05, 3.63) is 12.2 Å². The van der Waals surface area contributed by atoms with Gasteiger partial charge in [-0.05, 0) is 25.3 Å². The van der Waals surface area contributed by atoms with Gasteiger partial charge in [-0.15, -0.1) is 0 Å². The van der Waals surface area contributed by atoms with Crippen LogP contribution in [0, 0.1) is 0 Å². The Morgan fingerprint density at radius 1 is 1.00 bits per heavy atom. The van der Waals surface area contributed by atoms with Gasteiger partial charge >= 0.3 is 7.82 Å². The molecule has 0 saturated heterocycles. The third-order valence-electron chi connectivity index (χ3n) is 2.95. The van der Waals surface area contributed by atoms with Crippen LogP contribution in [0.5, 0.6) is 0 Å². The van der Waals surface area contributed by atoms with E-state index in [0.29, 0.717) is 12.8 Å². The van der Waals surface area contributed by atoms with Gasteiger partial charge in [0, 0.05) is 6.42 Å². The van der Waals surface area contributed by atoms with E-state index < -0.39 is 13.6 Å². The molecule has 0 fully saturated rings. The van der Waals surface area contributed by atoms with Crippen LogP contribution in [0.3, 0.4) is 0 Å². The highest BCUT2D eigenvalue weighted by Crippen LogP contribution is 2.35. The third kappa shape index (κ3) is 12.6. The molecule has 0 bridgehead atoms. The predicted molar refractivity (Wildman–Crippen MR) is 79.8 cm³/mol. The second-order valence-corrected chi connectivity index (χ2v) is 6.32. The fourth-order valence-electron chi connectivity index (χ4n) is 1.81. The molecular formula is C14H25O6P. The zero-order chi connectivity index (χ0) is 16.3. The number of unbranched alkanes of at least 4 members (excludes halogenated alkanes) is 6. The monoisotopic (exact) mass is 320 g/mol. The van der Waals surface area contributed by atoms with Crippen molar-refractivity contribution in [3.8, 4) is 0 Å². The second-order valence-electron chi connectivity index (χ2n) is 5.08. The van der Waals surface area contributed by atoms with Crippen LogP contribution in [0.1, 0.15) is 58.3 Å². The minimum atomic E-state index is -4.33. The highest BCUT2D eigenvalue weighted by molar-refractivity contribution is 7.46. The predicted octanol–water partition coefficient (Wildman–Crippen LogP) is 2.93. The molecule has 0 atom stereocenters. The van der Waals surface area contributed by atoms with Crippen molar-refractivity contribution in [2.75, 3.05) is 6.61 Å². The summed E-state index contributed by atoms with van der Waals surface area (Å²) in [5, 5.41) is 0. The van der Waals surface area contributed by atoms with E-state index in [-0.39, 0.29) is 24.4 Å². The average molecular weight is 320 g/mol. The van der Waals surface area contributed by atoms with E-state index >= 15 is 0 Å². The van der Waals surface area contributed by atoms with E-state index in [1.54, 1.807) is 0 Å². The summed E-state index contributed by atoms with van der Waals surface area (Å²) in [6, 6.07) is 0. The van der Waals surface area contributed by atoms with Crippen molar-refractivity contribution in [2.45, 2.75) is 58.3 Å². The maximum atomic E-state index is 11.4. The zero-order valence-corrected chi connectivity index (χ0v) is 13.4. The molecule has 2 N–H and O–H groups in total. The largest absolute Gasteiger partial charge is 0.469 e. The molecule has 0 radical (unpaired) electrons. The third-order valence-corrected chi connectivity index (χ3v) is 3.47. The van der Waals surface area contributed by atoms with Gasteiger partial charge in [-0.1, -0.05) is 38.7 Å². The van der Waals surface area contributed by atoms with E-state index in [1.165, 1.54) is 6.92 Å². The topological polar surface area (TPSA) is 101 Å². The van der Waals surface area contributed by atoms with Crippen LogP contribution in [-0.2, 0) is 18.7 Å². The molecule has 0 rings (SSSR count). The van der Waals surface area contributed by atoms with E-state index in [4.69, 9.17) is 9.79 Å². The molecule has 0 aliphatic rings. The molecule has 0 aliphatic carbocycles. The summed E-state index contributed by atoms with van der Waals surface area (Å²) in [5.41, 5.74) is 0.289. The quantitative estimate of drug-likeness (QED) is 0.234. The molecule has 7 heteroatoms. The van der Waals surface area contributed by atoms with Crippen LogP contribution in [0.15, 0.2) is 12.2 Å². The minimum absolute atomic E-state index is 0.0712. The van der Waals surface area contributed by atoms with Crippen LogP contribution < -0.4 is 0 Å². The Hall–Kier alpha value is -0.810. The van der Waals surface area contributed by atoms with Gasteiger partial charge in [0.2, 0.25) is 11.6 Å². The Labute approximate surface area is 125 Å². The van der Waals surface area contributed by atoms with Crippen molar-refractivity contribution >= 4 is 19.4 Å². The van der Waals surface area contributed by atoms with E-state index in [2.05, 4.69) is 11.1 Å². The van der Waals surface area contributed by atoms with Crippen molar-refractivity contribution in [3.63, 3.8) is 0 Å². The van der Waals surface area contributed by atoms with Crippen molar-refractivity contribution in [1.29, 1.82) is 0 Å². The molecule has 0 aromatic rings. The fraction of sp³-hybridized carbons (Fsp3) is 0.714. The first kappa shape index (κ1) is 20.2. The number of hydrogen-bond acceptors (Lipinski definition) is 4. The first-order valence-corrected chi connectivity index (χ1v) is 8.70. The molecule has 0 aromatic carbocycles. The second kappa shape index (κ2) is 10.9. The highest BCUT2D eigenvalue weighted by Gasteiger charge is 2.13. The summed E-state index contributed by atoms with van der Waals surface area (Å²) in [4.78, 5) is 39.6. The average Bonchev–Trinajstić information content (AvgIpc) is 2.38. The summed E-state index contributed by atoms with van der Waals surface area (Å²) in [7, 11) is -4.33. The summed E-state index contributed by atoms with van der Waals surface area (Å²) < 4.78 is 14.7. The van der Waals surface area contributed by atoms with Crippen LogP contribution in [-0.4, -0.2) is 28.0 Å². The van der Waals surface area contributed by atoms with E-state index in [1.807, 2.05) is 0 Å². The number of carbonyl (C=O) groups is 2. The molecule has 0 amide bonds. The number of carbonyl (C=O) groups excluding carboxylic acids is 2. The lowest BCUT2D eigenvalue weighted by molar-refractivity contribution is -0.134. The Kier molecular flexibility index (Phi) is 10.4. The van der Waals surface area contributed by atoms with Gasteiger partial charge < -0.3 is 9.79 Å². The summed E-state index contributed by atoms with van der Waals surface area (Å²) >= 11 is 0. The van der Waals surface area contributed by atoms with Gasteiger partial charge in [0.1, 0.15) is 0 Å². The maximum Gasteiger partial charge on any atom is 0.469 e. The maximum absolute atomic E-state index is 11.4. The number of ketones is 2. The van der Waals surface area contributed by atoms with E-state index in [9.17, 15) is 14.2 Å². The summed E-state index contributed by atoms with van der Waals surface area (Å²) in [6.45, 7) is 5.06. The Bertz CT molecular complexity index is 398. The van der Waals surface area contributed by atoms with Gasteiger partial charge in [-0.25, -0.2) is 4.57 Å². The molecule has 0 unspecified atom stereocenters. The van der Waals surface area contributed by atoms with Crippen LogP contribution in [0.25, 0.3) is 0 Å². The Morgan fingerprint density at radius 2 is 1.48 bits per heavy atom. The molecule has 0 saturated carbocycles. The zero-order valence-electron chi connectivity index (χ0n) is 12.5. The molecule has 122 valence electrons. The SMILES string of the molecule is C=C(C)C(=O)C(=O)CCCCCCCCCOP(=O)(O)O. The summed E-state index contributed by atoms with van der Waals surface area (Å²) in [6.07, 6.45) is 6.30. The molecule has 0 aliphatic heterocycles. The molecule has 0 spiro atoms. The lowest BCUT2D eigenvalue weighted by Crippen LogP contribution is -2.13. The molecule has 0 heterocycles. The first-order chi connectivity index (χ1) is 9.74. The number of Topliss-reactive ketones (excluding diaryl/α,β-unsaturated/α-hetero) is 2. The molecule has 0 aromatic heterocycles. The Balaban J connectivity index is 3.38. The van der Waals surface area contributed by atoms with Crippen molar-refractivity contribution in [1.82, 2.24) is 0 Å². The van der Waals surface area contributed by atoms with Crippen LogP contribution in [0.2, 0.25) is 0 Å². The van der Waals surface area contributed by atoms with Gasteiger partial charge in [-0.2, -0.15) is 0 Å². The van der Waals surface area contributed by atoms with Gasteiger partial charge in [0.15, 0.2) is 0 Å². The molecule has 6 nitrogen and oxygen atoms in total. The summed E-state index contributed by atoms with van der Waals surface area (Å²) in [5.74, 6) is -0.836. The molecule has 21 heavy (non-hydrogen) atoms. The number of rotatable bonds is 13. The van der Waals surface area contributed by atoms with Crippen molar-refractivity contribution in [2.24, 2.45) is 0 Å². The van der Waals surface area contributed by atoms with Gasteiger partial charge in [-0.3, -0.25) is 14.1 Å². The smallest absolute Gasteiger partial charge is 0.303 e. The number of phosphoric ester groups is 1. The molecular weight excluding hydrogens is 295 g/mol. The normalized spacial score (nSPS) is 11.4.